The van der Waals surface area contributed by atoms with Gasteiger partial charge in [0.1, 0.15) is 6.42 Å². The first-order valence-electron chi connectivity index (χ1n) is 7.83. The van der Waals surface area contributed by atoms with Gasteiger partial charge in [-0.25, -0.2) is 0 Å². The van der Waals surface area contributed by atoms with Crippen LogP contribution in [-0.2, 0) is 9.59 Å². The zero-order valence-electron chi connectivity index (χ0n) is 14.1. The van der Waals surface area contributed by atoms with Crippen LogP contribution in [0.5, 0.6) is 0 Å². The molecule has 0 bridgehead atoms. The molecule has 0 radical (unpaired) electrons. The number of amides is 2. The molecule has 1 N–H and O–H groups in total. The van der Waals surface area contributed by atoms with Crippen molar-refractivity contribution in [1.82, 2.24) is 0 Å². The van der Waals surface area contributed by atoms with Crippen molar-refractivity contribution in [2.24, 2.45) is 0 Å². The van der Waals surface area contributed by atoms with E-state index in [1.54, 1.807) is 4.90 Å². The number of nitrogens with zero attached hydrogens (tertiary/aromatic N) is 1. The van der Waals surface area contributed by atoms with Gasteiger partial charge >= 0.3 is 0 Å². The van der Waals surface area contributed by atoms with Gasteiger partial charge < -0.3 is 10.2 Å². The third kappa shape index (κ3) is 4.68. The van der Waals surface area contributed by atoms with Crippen LogP contribution in [0.2, 0.25) is 0 Å². The summed E-state index contributed by atoms with van der Waals surface area (Å²) in [6, 6.07) is 13.3. The molecule has 5 heteroatoms. The molecule has 0 atom stereocenters. The Morgan fingerprint density at radius 1 is 1.12 bits per heavy atom. The normalized spacial score (nSPS) is 10.3. The predicted molar refractivity (Wildman–Crippen MR) is 101 cm³/mol. The van der Waals surface area contributed by atoms with Gasteiger partial charge in [-0.05, 0) is 62.2 Å². The summed E-state index contributed by atoms with van der Waals surface area (Å²) < 4.78 is 0.950. The molecular formula is C19H21BrN2O2. The van der Waals surface area contributed by atoms with Crippen molar-refractivity contribution in [2.45, 2.75) is 27.2 Å². The van der Waals surface area contributed by atoms with Crippen molar-refractivity contribution < 1.29 is 9.59 Å². The van der Waals surface area contributed by atoms with Crippen LogP contribution >= 0.6 is 15.9 Å². The molecule has 2 rings (SSSR count). The second-order valence-electron chi connectivity index (χ2n) is 5.66. The van der Waals surface area contributed by atoms with Crippen LogP contribution in [-0.4, -0.2) is 18.4 Å². The highest BCUT2D eigenvalue weighted by Gasteiger charge is 2.18. The Morgan fingerprint density at radius 2 is 1.88 bits per heavy atom. The highest BCUT2D eigenvalue weighted by Crippen LogP contribution is 2.21. The molecule has 2 aromatic rings. The number of hydrogen-bond donors (Lipinski definition) is 1. The van der Waals surface area contributed by atoms with Crippen LogP contribution in [0.1, 0.15) is 24.5 Å². The molecule has 126 valence electrons. The molecule has 2 aromatic carbocycles. The number of anilines is 2. The lowest BCUT2D eigenvalue weighted by Gasteiger charge is -2.21. The predicted octanol–water partition coefficient (Wildman–Crippen LogP) is 4.45. The lowest BCUT2D eigenvalue weighted by atomic mass is 10.2. The van der Waals surface area contributed by atoms with E-state index in [9.17, 15) is 9.59 Å². The number of rotatable bonds is 5. The van der Waals surface area contributed by atoms with Crippen LogP contribution in [0.3, 0.4) is 0 Å². The Morgan fingerprint density at radius 3 is 2.50 bits per heavy atom. The molecule has 0 aliphatic heterocycles. The Kier molecular flexibility index (Phi) is 6.15. The van der Waals surface area contributed by atoms with Gasteiger partial charge in [-0.3, -0.25) is 9.59 Å². The Labute approximate surface area is 151 Å². The summed E-state index contributed by atoms with van der Waals surface area (Å²) in [5.74, 6) is -0.521. The second-order valence-corrected chi connectivity index (χ2v) is 6.58. The van der Waals surface area contributed by atoms with E-state index in [0.717, 1.165) is 27.0 Å². The van der Waals surface area contributed by atoms with E-state index in [4.69, 9.17) is 0 Å². The van der Waals surface area contributed by atoms with Gasteiger partial charge in [0.25, 0.3) is 0 Å². The summed E-state index contributed by atoms with van der Waals surface area (Å²) in [5.41, 5.74) is 3.55. The minimum absolute atomic E-state index is 0.183. The summed E-state index contributed by atoms with van der Waals surface area (Å²) in [6.45, 7) is 6.31. The zero-order valence-corrected chi connectivity index (χ0v) is 15.7. The fourth-order valence-electron chi connectivity index (χ4n) is 2.49. The average molecular weight is 389 g/mol. The molecule has 0 spiro atoms. The number of carbonyl (C=O) groups excluding carboxylic acids is 2. The number of halogens is 1. The number of aryl methyl sites for hydroxylation is 2. The van der Waals surface area contributed by atoms with Crippen LogP contribution in [0.4, 0.5) is 11.4 Å². The molecule has 0 fully saturated rings. The minimum atomic E-state index is -0.309. The van der Waals surface area contributed by atoms with Crippen LogP contribution < -0.4 is 10.2 Å². The summed E-state index contributed by atoms with van der Waals surface area (Å²) in [5, 5.41) is 2.80. The van der Waals surface area contributed by atoms with Gasteiger partial charge in [0, 0.05) is 22.4 Å². The van der Waals surface area contributed by atoms with E-state index in [2.05, 4.69) is 21.2 Å². The molecule has 0 aromatic heterocycles. The van der Waals surface area contributed by atoms with E-state index < -0.39 is 0 Å². The monoisotopic (exact) mass is 388 g/mol. The maximum atomic E-state index is 12.5. The van der Waals surface area contributed by atoms with Crippen molar-refractivity contribution in [2.75, 3.05) is 16.8 Å². The molecule has 2 amide bonds. The minimum Gasteiger partial charge on any atom is -0.325 e. The first-order chi connectivity index (χ1) is 11.4. The number of hydrogen-bond acceptors (Lipinski definition) is 2. The lowest BCUT2D eigenvalue weighted by Crippen LogP contribution is -2.33. The zero-order chi connectivity index (χ0) is 17.7. The fraction of sp³-hybridized carbons (Fsp3) is 0.263. The van der Waals surface area contributed by atoms with Gasteiger partial charge in [-0.15, -0.1) is 0 Å². The van der Waals surface area contributed by atoms with E-state index in [0.29, 0.717) is 6.54 Å². The standard InChI is InChI=1S/C19H21BrN2O2/c1-4-22(16-7-5-6-13(2)10-16)19(24)12-18(23)21-17-9-8-15(20)11-14(17)3/h5-11H,4,12H2,1-3H3,(H,21,23). The molecule has 0 aliphatic carbocycles. The lowest BCUT2D eigenvalue weighted by molar-refractivity contribution is -0.125. The summed E-state index contributed by atoms with van der Waals surface area (Å²) in [7, 11) is 0. The maximum Gasteiger partial charge on any atom is 0.236 e. The summed E-state index contributed by atoms with van der Waals surface area (Å²) >= 11 is 3.39. The van der Waals surface area contributed by atoms with Crippen molar-refractivity contribution >= 4 is 39.1 Å². The third-order valence-electron chi connectivity index (χ3n) is 3.70. The topological polar surface area (TPSA) is 49.4 Å². The molecule has 24 heavy (non-hydrogen) atoms. The summed E-state index contributed by atoms with van der Waals surface area (Å²) in [4.78, 5) is 26.3. The molecular weight excluding hydrogens is 368 g/mol. The van der Waals surface area contributed by atoms with Gasteiger partial charge in [0.05, 0.1) is 0 Å². The Bertz CT molecular complexity index is 759. The summed E-state index contributed by atoms with van der Waals surface area (Å²) in [6.07, 6.45) is -0.183. The van der Waals surface area contributed by atoms with Crippen molar-refractivity contribution in [1.29, 1.82) is 0 Å². The van der Waals surface area contributed by atoms with Crippen molar-refractivity contribution in [3.8, 4) is 0 Å². The first-order valence-corrected chi connectivity index (χ1v) is 8.63. The van der Waals surface area contributed by atoms with Crippen molar-refractivity contribution in [3.63, 3.8) is 0 Å². The van der Waals surface area contributed by atoms with E-state index >= 15 is 0 Å². The highest BCUT2D eigenvalue weighted by molar-refractivity contribution is 9.10. The molecule has 0 unspecified atom stereocenters. The number of benzene rings is 2. The largest absolute Gasteiger partial charge is 0.325 e. The number of nitrogens with one attached hydrogen (secondary N) is 1. The smallest absolute Gasteiger partial charge is 0.236 e. The maximum absolute atomic E-state index is 12.5. The quantitative estimate of drug-likeness (QED) is 0.769. The molecule has 0 saturated heterocycles. The van der Waals surface area contributed by atoms with E-state index in [1.807, 2.05) is 63.2 Å². The number of carbonyl (C=O) groups is 2. The molecule has 4 nitrogen and oxygen atoms in total. The third-order valence-corrected chi connectivity index (χ3v) is 4.20. The van der Waals surface area contributed by atoms with Crippen molar-refractivity contribution in [3.05, 3.63) is 58.1 Å². The van der Waals surface area contributed by atoms with E-state index in [-0.39, 0.29) is 18.2 Å². The Balaban J connectivity index is 2.05. The fourth-order valence-corrected chi connectivity index (χ4v) is 2.97. The van der Waals surface area contributed by atoms with Gasteiger partial charge in [0.15, 0.2) is 0 Å². The SMILES string of the molecule is CCN(C(=O)CC(=O)Nc1ccc(Br)cc1C)c1cccc(C)c1. The first kappa shape index (κ1) is 18.2. The average Bonchev–Trinajstić information content (AvgIpc) is 2.51. The Hall–Kier alpha value is -2.14. The molecule has 0 heterocycles. The van der Waals surface area contributed by atoms with Gasteiger partial charge in [-0.1, -0.05) is 28.1 Å². The van der Waals surface area contributed by atoms with Crippen LogP contribution in [0.25, 0.3) is 0 Å². The van der Waals surface area contributed by atoms with Crippen LogP contribution in [0.15, 0.2) is 46.9 Å². The van der Waals surface area contributed by atoms with Gasteiger partial charge in [0.2, 0.25) is 11.8 Å². The highest BCUT2D eigenvalue weighted by atomic mass is 79.9. The molecule has 0 saturated carbocycles. The van der Waals surface area contributed by atoms with E-state index in [1.165, 1.54) is 0 Å². The molecule has 0 aliphatic rings. The van der Waals surface area contributed by atoms with Crippen LogP contribution in [0, 0.1) is 13.8 Å². The second kappa shape index (κ2) is 8.11. The van der Waals surface area contributed by atoms with Gasteiger partial charge in [-0.2, -0.15) is 0 Å².